The summed E-state index contributed by atoms with van der Waals surface area (Å²) in [5.41, 5.74) is 3.83. The number of halogens is 1. The van der Waals surface area contributed by atoms with E-state index in [1.165, 1.54) is 24.3 Å². The summed E-state index contributed by atoms with van der Waals surface area (Å²) in [6.07, 6.45) is 0. The minimum absolute atomic E-state index is 0.0792. The van der Waals surface area contributed by atoms with E-state index in [0.717, 1.165) is 16.7 Å². The number of amides is 1. The van der Waals surface area contributed by atoms with Crippen molar-refractivity contribution in [1.82, 2.24) is 0 Å². The smallest absolute Gasteiger partial charge is 0.290 e. The number of hydrogen-bond donors (Lipinski definition) is 1. The van der Waals surface area contributed by atoms with Crippen molar-refractivity contribution < 1.29 is 18.7 Å². The second-order valence-corrected chi connectivity index (χ2v) is 6.14. The van der Waals surface area contributed by atoms with Gasteiger partial charge in [0.1, 0.15) is 11.6 Å². The highest BCUT2D eigenvalue weighted by Crippen LogP contribution is 2.22. The molecule has 4 nitrogen and oxygen atoms in total. The molecule has 1 amide bonds. The van der Waals surface area contributed by atoms with Crippen LogP contribution in [0.25, 0.3) is 11.1 Å². The fourth-order valence-corrected chi connectivity index (χ4v) is 2.60. The monoisotopic (exact) mass is 377 g/mol. The van der Waals surface area contributed by atoms with Crippen molar-refractivity contribution in [3.63, 3.8) is 0 Å². The first kappa shape index (κ1) is 19.3. The van der Waals surface area contributed by atoms with E-state index < -0.39 is 5.91 Å². The summed E-state index contributed by atoms with van der Waals surface area (Å²) in [7, 11) is 1.67. The Hall–Kier alpha value is -3.44. The third kappa shape index (κ3) is 5.05. The van der Waals surface area contributed by atoms with E-state index in [-0.39, 0.29) is 11.6 Å². The molecule has 0 radical (unpaired) electrons. The number of nitrogens with one attached hydrogen (secondary N) is 1. The summed E-state index contributed by atoms with van der Waals surface area (Å²) in [5, 5.41) is 2.72. The third-order valence-corrected chi connectivity index (χ3v) is 4.05. The average Bonchev–Trinajstić information content (AvgIpc) is 2.71. The van der Waals surface area contributed by atoms with E-state index in [1.807, 2.05) is 48.5 Å². The predicted octanol–water partition coefficient (Wildman–Crippen LogP) is 5.17. The molecule has 0 bridgehead atoms. The lowest BCUT2D eigenvalue weighted by Crippen LogP contribution is -2.17. The number of ether oxygens (including phenoxy) is 2. The molecule has 0 unspecified atom stereocenters. The van der Waals surface area contributed by atoms with Crippen LogP contribution in [0.3, 0.4) is 0 Å². The van der Waals surface area contributed by atoms with Crippen LogP contribution in [0.4, 0.5) is 10.1 Å². The zero-order valence-corrected chi connectivity index (χ0v) is 15.4. The maximum atomic E-state index is 12.9. The van der Waals surface area contributed by atoms with Crippen molar-refractivity contribution >= 4 is 11.6 Å². The Labute approximate surface area is 163 Å². The van der Waals surface area contributed by atoms with Gasteiger partial charge < -0.3 is 14.8 Å². The van der Waals surface area contributed by atoms with Crippen LogP contribution in [0, 0.1) is 5.82 Å². The molecule has 5 heteroatoms. The first-order valence-electron chi connectivity index (χ1n) is 8.67. The van der Waals surface area contributed by atoms with Gasteiger partial charge in [-0.15, -0.1) is 0 Å². The number of hydrogen-bond acceptors (Lipinski definition) is 3. The van der Waals surface area contributed by atoms with Gasteiger partial charge in [0.05, 0.1) is 6.61 Å². The second-order valence-electron chi connectivity index (χ2n) is 6.14. The Bertz CT molecular complexity index is 949. The van der Waals surface area contributed by atoms with Gasteiger partial charge in [-0.25, -0.2) is 4.39 Å². The lowest BCUT2D eigenvalue weighted by Gasteiger charge is -2.10. The molecule has 0 aromatic heterocycles. The van der Waals surface area contributed by atoms with Crippen molar-refractivity contribution in [3.8, 4) is 16.9 Å². The third-order valence-electron chi connectivity index (χ3n) is 4.05. The van der Waals surface area contributed by atoms with Crippen LogP contribution in [0.5, 0.6) is 5.75 Å². The van der Waals surface area contributed by atoms with Gasteiger partial charge in [0, 0.05) is 12.8 Å². The molecule has 0 spiro atoms. The van der Waals surface area contributed by atoms with Crippen molar-refractivity contribution in [2.45, 2.75) is 6.61 Å². The second kappa shape index (κ2) is 8.97. The molecule has 0 aliphatic rings. The Kier molecular flexibility index (Phi) is 6.19. The van der Waals surface area contributed by atoms with Crippen LogP contribution in [0.1, 0.15) is 5.56 Å². The fourth-order valence-electron chi connectivity index (χ4n) is 2.60. The van der Waals surface area contributed by atoms with Crippen LogP contribution in [-0.2, 0) is 16.1 Å². The van der Waals surface area contributed by atoms with Gasteiger partial charge in [0.15, 0.2) is 5.76 Å². The van der Waals surface area contributed by atoms with Gasteiger partial charge in [0.25, 0.3) is 5.91 Å². The molecule has 142 valence electrons. The van der Waals surface area contributed by atoms with E-state index in [1.54, 1.807) is 7.11 Å². The number of carbonyl (C=O) groups is 1. The molecule has 3 aromatic rings. The van der Waals surface area contributed by atoms with Gasteiger partial charge in [-0.2, -0.15) is 0 Å². The molecule has 0 aliphatic carbocycles. The van der Waals surface area contributed by atoms with Gasteiger partial charge >= 0.3 is 0 Å². The first-order valence-corrected chi connectivity index (χ1v) is 8.67. The minimum Gasteiger partial charge on any atom is -0.452 e. The standard InChI is InChI=1S/C23H20FNO3/c1-16(28-22-13-9-20(24)10-14-22)23(26)25-21-11-7-19(8-12-21)18-5-3-17(4-6-18)15-27-2/h3-14H,1,15H2,2H3,(H,25,26). The Morgan fingerprint density at radius 3 is 2.07 bits per heavy atom. The molecule has 0 aliphatic heterocycles. The van der Waals surface area contributed by atoms with E-state index >= 15 is 0 Å². The molecule has 1 N–H and O–H groups in total. The Balaban J connectivity index is 1.60. The summed E-state index contributed by atoms with van der Waals surface area (Å²) in [4.78, 5) is 12.2. The summed E-state index contributed by atoms with van der Waals surface area (Å²) in [6, 6.07) is 20.9. The number of methoxy groups -OCH3 is 1. The van der Waals surface area contributed by atoms with Gasteiger partial charge in [-0.1, -0.05) is 43.0 Å². The normalized spacial score (nSPS) is 10.4. The number of anilines is 1. The Morgan fingerprint density at radius 2 is 1.50 bits per heavy atom. The molecule has 0 fully saturated rings. The minimum atomic E-state index is -0.471. The van der Waals surface area contributed by atoms with Crippen molar-refractivity contribution in [1.29, 1.82) is 0 Å². The van der Waals surface area contributed by atoms with Crippen molar-refractivity contribution in [2.24, 2.45) is 0 Å². The highest BCUT2D eigenvalue weighted by Gasteiger charge is 2.10. The zero-order chi connectivity index (χ0) is 19.9. The van der Waals surface area contributed by atoms with Crippen LogP contribution < -0.4 is 10.1 Å². The molecule has 3 aromatic carbocycles. The molecule has 0 saturated carbocycles. The quantitative estimate of drug-likeness (QED) is 0.456. The van der Waals surface area contributed by atoms with Crippen LogP contribution in [0.15, 0.2) is 85.1 Å². The Morgan fingerprint density at radius 1 is 0.929 bits per heavy atom. The van der Waals surface area contributed by atoms with Crippen LogP contribution in [-0.4, -0.2) is 13.0 Å². The summed E-state index contributed by atoms with van der Waals surface area (Å²) < 4.78 is 23.4. The number of rotatable bonds is 7. The van der Waals surface area contributed by atoms with Crippen LogP contribution >= 0.6 is 0 Å². The molecular formula is C23H20FNO3. The summed E-state index contributed by atoms with van der Waals surface area (Å²) in [6.45, 7) is 4.20. The van der Waals surface area contributed by atoms with Crippen LogP contribution in [0.2, 0.25) is 0 Å². The molecule has 0 atom stereocenters. The molecule has 3 rings (SSSR count). The number of benzene rings is 3. The largest absolute Gasteiger partial charge is 0.452 e. The molecular weight excluding hydrogens is 357 g/mol. The van der Waals surface area contributed by atoms with Gasteiger partial charge in [-0.05, 0) is 53.1 Å². The van der Waals surface area contributed by atoms with Crippen molar-refractivity contribution in [2.75, 3.05) is 12.4 Å². The molecule has 28 heavy (non-hydrogen) atoms. The number of carbonyl (C=O) groups excluding carboxylic acids is 1. The van der Waals surface area contributed by atoms with Gasteiger partial charge in [-0.3, -0.25) is 4.79 Å². The van der Waals surface area contributed by atoms with E-state index in [4.69, 9.17) is 9.47 Å². The lowest BCUT2D eigenvalue weighted by atomic mass is 10.0. The van der Waals surface area contributed by atoms with Gasteiger partial charge in [0.2, 0.25) is 0 Å². The summed E-state index contributed by atoms with van der Waals surface area (Å²) in [5.74, 6) is -0.588. The zero-order valence-electron chi connectivity index (χ0n) is 15.4. The topological polar surface area (TPSA) is 47.6 Å². The highest BCUT2D eigenvalue weighted by molar-refractivity contribution is 6.02. The van der Waals surface area contributed by atoms with Crippen molar-refractivity contribution in [3.05, 3.63) is 96.5 Å². The lowest BCUT2D eigenvalue weighted by molar-refractivity contribution is -0.114. The van der Waals surface area contributed by atoms with E-state index in [2.05, 4.69) is 11.9 Å². The fraction of sp³-hybridized carbons (Fsp3) is 0.0870. The SMILES string of the molecule is C=C(Oc1ccc(F)cc1)C(=O)Nc1ccc(-c2ccc(COC)cc2)cc1. The molecule has 0 saturated heterocycles. The maximum absolute atomic E-state index is 12.9. The molecule has 0 heterocycles. The highest BCUT2D eigenvalue weighted by atomic mass is 19.1. The predicted molar refractivity (Wildman–Crippen MR) is 107 cm³/mol. The maximum Gasteiger partial charge on any atom is 0.290 e. The summed E-state index contributed by atoms with van der Waals surface area (Å²) >= 11 is 0. The van der Waals surface area contributed by atoms with E-state index in [9.17, 15) is 9.18 Å². The first-order chi connectivity index (χ1) is 13.5. The average molecular weight is 377 g/mol. The van der Waals surface area contributed by atoms with E-state index in [0.29, 0.717) is 18.0 Å².